The molecule has 0 saturated carbocycles. The SMILES string of the molecule is [2H]c1c([2H])c([2H])c(-c2cccc(-c3c([2H])c([2H])c([2H])c([2H])c3[2H])c2-[n+]2[c-]n(-c3cccc(Oc4ccc5c6cc(-c7ccccc7)ccc6n(-c6cc(C(C)(C)C)ccn6)c5c4)c3)c3ccc(C(C)(C)C)cc32)c([2H])c1[2H]. The second-order valence-corrected chi connectivity index (χ2v) is 18.8. The van der Waals surface area contributed by atoms with Crippen LogP contribution in [0, 0.1) is 6.33 Å². The first-order valence-corrected chi connectivity index (χ1v) is 22.3. The van der Waals surface area contributed by atoms with Gasteiger partial charge in [-0.2, -0.15) is 0 Å². The van der Waals surface area contributed by atoms with Crippen LogP contribution in [0.3, 0.4) is 0 Å². The lowest BCUT2D eigenvalue weighted by molar-refractivity contribution is -0.571. The molecule has 0 aliphatic heterocycles. The average molecular weight is 879 g/mol. The van der Waals surface area contributed by atoms with Crippen molar-refractivity contribution < 1.29 is 23.0 Å². The normalized spacial score (nSPS) is 14.1. The van der Waals surface area contributed by atoms with Gasteiger partial charge in [0.1, 0.15) is 17.3 Å². The van der Waals surface area contributed by atoms with Crippen LogP contribution in [0.4, 0.5) is 0 Å². The van der Waals surface area contributed by atoms with E-state index in [0.29, 0.717) is 28.2 Å². The highest BCUT2D eigenvalue weighted by Crippen LogP contribution is 2.39. The minimum atomic E-state index is -0.567. The van der Waals surface area contributed by atoms with E-state index in [2.05, 4.69) is 101 Å². The van der Waals surface area contributed by atoms with E-state index in [-0.39, 0.29) is 38.8 Å². The maximum atomic E-state index is 9.15. The summed E-state index contributed by atoms with van der Waals surface area (Å²) in [5, 5.41) is 2.10. The smallest absolute Gasteiger partial charge is 0.269 e. The van der Waals surface area contributed by atoms with E-state index in [0.717, 1.165) is 49.9 Å². The average Bonchev–Trinajstić information content (AvgIpc) is 4.03. The second kappa shape index (κ2) is 16.4. The zero-order chi connectivity index (χ0) is 54.6. The molecule has 8 aromatic carbocycles. The van der Waals surface area contributed by atoms with E-state index in [1.54, 1.807) is 22.8 Å². The summed E-state index contributed by atoms with van der Waals surface area (Å²) in [6.45, 7) is 12.8. The molecule has 0 unspecified atom stereocenters. The zero-order valence-corrected chi connectivity index (χ0v) is 38.1. The Balaban J connectivity index is 1.11. The molecule has 326 valence electrons. The van der Waals surface area contributed by atoms with Gasteiger partial charge in [0.2, 0.25) is 0 Å². The van der Waals surface area contributed by atoms with Gasteiger partial charge in [-0.25, -0.2) is 4.98 Å². The number of ether oxygens (including phenoxy) is 1. The molecule has 3 heterocycles. The second-order valence-electron chi connectivity index (χ2n) is 18.8. The van der Waals surface area contributed by atoms with Crippen molar-refractivity contribution in [2.45, 2.75) is 52.4 Å². The highest BCUT2D eigenvalue weighted by atomic mass is 16.5. The summed E-state index contributed by atoms with van der Waals surface area (Å²) in [6.07, 6.45) is 5.39. The lowest BCUT2D eigenvalue weighted by atomic mass is 9.87. The Morgan fingerprint density at radius 2 is 1.18 bits per heavy atom. The minimum Gasteiger partial charge on any atom is -0.458 e. The Labute approximate surface area is 406 Å². The fraction of sp³-hybridized carbons (Fsp3) is 0.129. The van der Waals surface area contributed by atoms with Crippen LogP contribution in [0.15, 0.2) is 206 Å². The number of imidazole rings is 1. The molecule has 0 aliphatic rings. The van der Waals surface area contributed by atoms with Crippen LogP contribution < -0.4 is 9.30 Å². The fourth-order valence-electron chi connectivity index (χ4n) is 8.84. The number of nitrogens with zero attached hydrogens (tertiary/aromatic N) is 4. The topological polar surface area (TPSA) is 35.9 Å². The van der Waals surface area contributed by atoms with Crippen molar-refractivity contribution >= 4 is 32.8 Å². The van der Waals surface area contributed by atoms with E-state index in [9.17, 15) is 0 Å². The number of aromatic nitrogens is 4. The van der Waals surface area contributed by atoms with E-state index >= 15 is 0 Å². The lowest BCUT2D eigenvalue weighted by Crippen LogP contribution is -2.31. The molecule has 11 aromatic rings. The van der Waals surface area contributed by atoms with Gasteiger partial charge in [0.05, 0.1) is 47.1 Å². The molecule has 0 N–H and O–H groups in total. The van der Waals surface area contributed by atoms with Crippen molar-refractivity contribution in [2.75, 3.05) is 0 Å². The van der Waals surface area contributed by atoms with Crippen LogP contribution in [0.25, 0.3) is 83.4 Å². The summed E-state index contributed by atoms with van der Waals surface area (Å²) < 4.78 is 101. The summed E-state index contributed by atoms with van der Waals surface area (Å²) in [6, 6.07) is 40.3. The van der Waals surface area contributed by atoms with Crippen LogP contribution >= 0.6 is 0 Å². The van der Waals surface area contributed by atoms with E-state index in [1.807, 2.05) is 83.6 Å². The van der Waals surface area contributed by atoms with Gasteiger partial charge in [-0.05, 0) is 116 Å². The van der Waals surface area contributed by atoms with E-state index in [4.69, 9.17) is 23.4 Å². The summed E-state index contributed by atoms with van der Waals surface area (Å²) in [5.74, 6) is 1.87. The summed E-state index contributed by atoms with van der Waals surface area (Å²) >= 11 is 0. The van der Waals surface area contributed by atoms with Crippen LogP contribution in [-0.4, -0.2) is 14.1 Å². The molecule has 3 aromatic heterocycles. The van der Waals surface area contributed by atoms with Gasteiger partial charge < -0.3 is 4.74 Å². The van der Waals surface area contributed by atoms with Crippen LogP contribution in [0.5, 0.6) is 11.5 Å². The third-order valence-electron chi connectivity index (χ3n) is 12.3. The predicted octanol–water partition coefficient (Wildman–Crippen LogP) is 15.6. The Morgan fingerprint density at radius 3 is 1.88 bits per heavy atom. The molecule has 0 amide bonds. The van der Waals surface area contributed by atoms with Gasteiger partial charge in [-0.15, -0.1) is 0 Å². The number of hydrogen-bond acceptors (Lipinski definition) is 2. The molecule has 0 radical (unpaired) electrons. The van der Waals surface area contributed by atoms with Crippen LogP contribution in [0.1, 0.15) is 66.4 Å². The lowest BCUT2D eigenvalue weighted by Gasteiger charge is -2.20. The molecule has 0 bridgehead atoms. The third-order valence-corrected chi connectivity index (χ3v) is 12.3. The van der Waals surface area contributed by atoms with Crippen molar-refractivity contribution in [3.63, 3.8) is 0 Å². The van der Waals surface area contributed by atoms with Crippen molar-refractivity contribution in [2.24, 2.45) is 0 Å². The predicted molar refractivity (Wildman–Crippen MR) is 276 cm³/mol. The Kier molecular flexibility index (Phi) is 7.80. The van der Waals surface area contributed by atoms with E-state index in [1.165, 1.54) is 0 Å². The van der Waals surface area contributed by atoms with E-state index < -0.39 is 60.4 Å². The van der Waals surface area contributed by atoms with Crippen molar-refractivity contribution in [3.05, 3.63) is 224 Å². The first-order chi connectivity index (χ1) is 36.6. The first kappa shape index (κ1) is 31.8. The molecular formula is C62H52N4O. The number of para-hydroxylation sites is 1. The molecule has 0 spiro atoms. The maximum Gasteiger partial charge on any atom is 0.269 e. The monoisotopic (exact) mass is 878 g/mol. The molecule has 11 rings (SSSR count). The molecule has 5 nitrogen and oxygen atoms in total. The number of hydrogen-bond donors (Lipinski definition) is 0. The Hall–Kier alpha value is -8.02. The highest BCUT2D eigenvalue weighted by molar-refractivity contribution is 6.10. The molecule has 5 heteroatoms. The molecule has 0 atom stereocenters. The van der Waals surface area contributed by atoms with Gasteiger partial charge in [0, 0.05) is 23.0 Å². The first-order valence-electron chi connectivity index (χ1n) is 27.3. The van der Waals surface area contributed by atoms with Crippen molar-refractivity contribution in [1.82, 2.24) is 14.1 Å². The van der Waals surface area contributed by atoms with Crippen LogP contribution in [-0.2, 0) is 10.8 Å². The standard InChI is InChI=1S/C62H52N4O/c1-61(2,3)46-29-33-56-58(37-46)65(60-51(43-20-12-8-13-21-43)26-17-27-52(60)44-22-14-9-15-23-44)41-64(56)48-24-16-25-49(39-48)67-50-30-31-53-54-36-45(42-18-10-7-11-19-42)28-32-55(54)66(57(53)40-50)59-38-47(34-35-63-59)62(4,5)6/h7-40H,1-6H3/i8D,9D,12D,13D,14D,15D,20D,21D,22D,23D. The largest absolute Gasteiger partial charge is 0.458 e. The third kappa shape index (κ3) is 7.76. The number of rotatable bonds is 8. The number of benzene rings is 8. The van der Waals surface area contributed by atoms with Crippen molar-refractivity contribution in [1.29, 1.82) is 0 Å². The van der Waals surface area contributed by atoms with Gasteiger partial charge in [0.15, 0.2) is 0 Å². The Bertz CT molecular complexity index is 4080. The quantitative estimate of drug-likeness (QED) is 0.113. The van der Waals surface area contributed by atoms with Gasteiger partial charge >= 0.3 is 0 Å². The Morgan fingerprint density at radius 1 is 0.522 bits per heavy atom. The number of fused-ring (bicyclic) bond motifs is 4. The summed E-state index contributed by atoms with van der Waals surface area (Å²) in [7, 11) is 0. The van der Waals surface area contributed by atoms with Gasteiger partial charge in [0.25, 0.3) is 6.33 Å². The minimum absolute atomic E-state index is 0.118. The van der Waals surface area contributed by atoms with Gasteiger partial charge in [-0.1, -0.05) is 175 Å². The summed E-state index contributed by atoms with van der Waals surface area (Å²) in [5.41, 5.74) is 7.85. The molecule has 0 aliphatic carbocycles. The van der Waals surface area contributed by atoms with Crippen molar-refractivity contribution in [3.8, 4) is 62.1 Å². The molecule has 0 saturated heterocycles. The molecule has 67 heavy (non-hydrogen) atoms. The number of pyridine rings is 1. The molecular weight excluding hydrogens is 817 g/mol. The highest BCUT2D eigenvalue weighted by Gasteiger charge is 2.23. The fourth-order valence-corrected chi connectivity index (χ4v) is 8.84. The maximum absolute atomic E-state index is 9.15. The zero-order valence-electron chi connectivity index (χ0n) is 48.1. The van der Waals surface area contributed by atoms with Gasteiger partial charge in [-0.3, -0.25) is 13.7 Å². The molecule has 0 fully saturated rings. The summed E-state index contributed by atoms with van der Waals surface area (Å²) in [4.78, 5) is 4.92. The van der Waals surface area contributed by atoms with Crippen LogP contribution in [0.2, 0.25) is 0 Å².